The van der Waals surface area contributed by atoms with Crippen LogP contribution in [-0.4, -0.2) is 0 Å². The number of hydrogen-bond acceptors (Lipinski definition) is 0. The molecule has 0 amide bonds. The molecule has 2 atom stereocenters. The van der Waals surface area contributed by atoms with Gasteiger partial charge in [0.1, 0.15) is 0 Å². The Morgan fingerprint density at radius 1 is 0.700 bits per heavy atom. The van der Waals surface area contributed by atoms with Crippen molar-refractivity contribution in [3.05, 3.63) is 23.8 Å². The number of allylic oxidation sites excluding steroid dienone is 2. The van der Waals surface area contributed by atoms with Gasteiger partial charge in [0, 0.05) is 8.27 Å². The quantitative estimate of drug-likeness (QED) is 0.214. The van der Waals surface area contributed by atoms with Crippen molar-refractivity contribution in [3.8, 4) is 0 Å². The number of hydrogen-bond donors (Lipinski definition) is 0. The fourth-order valence-electron chi connectivity index (χ4n) is 2.16. The molecular weight excluding hydrogens is 278 g/mol. The molecule has 0 fully saturated rings. The molecule has 0 spiro atoms. The van der Waals surface area contributed by atoms with Gasteiger partial charge in [-0.3, -0.25) is 0 Å². The van der Waals surface area contributed by atoms with Gasteiger partial charge in [-0.1, -0.05) is 71.3 Å². The molecule has 2 unspecified atom stereocenters. The van der Waals surface area contributed by atoms with Gasteiger partial charge in [-0.05, 0) is 37.6 Å². The van der Waals surface area contributed by atoms with E-state index in [4.69, 9.17) is 0 Å². The van der Waals surface area contributed by atoms with E-state index in [0.717, 1.165) is 8.27 Å². The first kappa shape index (κ1) is 20.3. The van der Waals surface area contributed by atoms with Gasteiger partial charge in [0.25, 0.3) is 0 Å². The summed E-state index contributed by atoms with van der Waals surface area (Å²) in [5, 5.41) is 0. The summed E-state index contributed by atoms with van der Waals surface area (Å²) in [4.78, 5) is 0. The van der Waals surface area contributed by atoms with Gasteiger partial charge in [0.05, 0.1) is 14.1 Å². The van der Waals surface area contributed by atoms with Crippen LogP contribution in [0.4, 0.5) is 0 Å². The maximum Gasteiger partial charge on any atom is 0.0648 e. The molecule has 0 aromatic rings. The summed E-state index contributed by atoms with van der Waals surface area (Å²) < 4.78 is 0. The van der Waals surface area contributed by atoms with Crippen molar-refractivity contribution < 1.29 is 0 Å². The summed E-state index contributed by atoms with van der Waals surface area (Å²) in [5.41, 5.74) is 0. The predicted molar refractivity (Wildman–Crippen MR) is 103 cm³/mol. The fourth-order valence-corrected chi connectivity index (χ4v) is 4.49. The van der Waals surface area contributed by atoms with Crippen molar-refractivity contribution in [2.75, 3.05) is 0 Å². The molecule has 0 aliphatic carbocycles. The van der Waals surface area contributed by atoms with Gasteiger partial charge in [-0.15, -0.1) is 0 Å². The highest BCUT2D eigenvalue weighted by Crippen LogP contribution is 2.39. The minimum Gasteiger partial charge on any atom is -0.0808 e. The molecule has 0 saturated heterocycles. The Balaban J connectivity index is 3.13. The lowest BCUT2D eigenvalue weighted by molar-refractivity contribution is 0.637. The molecule has 0 heterocycles. The Labute approximate surface area is 131 Å². The Bertz CT molecular complexity index is 197. The fraction of sp³-hybridized carbons (Fsp3) is 0.778. The van der Waals surface area contributed by atoms with Crippen LogP contribution in [0, 0.1) is 0 Å². The topological polar surface area (TPSA) is 0 Å². The second kappa shape index (κ2) is 19.3. The molecule has 0 aliphatic rings. The molecule has 2 heteroatoms. The van der Waals surface area contributed by atoms with Crippen molar-refractivity contribution in [2.24, 2.45) is 0 Å². The summed E-state index contributed by atoms with van der Waals surface area (Å²) >= 11 is 0. The summed E-state index contributed by atoms with van der Waals surface area (Å²) in [5.74, 6) is 4.89. The average Bonchev–Trinajstić information content (AvgIpc) is 2.47. The van der Waals surface area contributed by atoms with E-state index in [1.165, 1.54) is 77.0 Å². The van der Waals surface area contributed by atoms with Gasteiger partial charge >= 0.3 is 0 Å². The van der Waals surface area contributed by atoms with Crippen LogP contribution >= 0.6 is 16.5 Å². The number of rotatable bonds is 15. The molecule has 0 saturated carbocycles. The van der Waals surface area contributed by atoms with E-state index in [1.54, 1.807) is 0 Å². The molecule has 0 aliphatic heterocycles. The van der Waals surface area contributed by atoms with E-state index in [2.05, 4.69) is 37.6 Å². The summed E-state index contributed by atoms with van der Waals surface area (Å²) in [6.07, 6.45) is 21.5. The Kier molecular flexibility index (Phi) is 19.7. The summed E-state index contributed by atoms with van der Waals surface area (Å²) in [7, 11) is 1.62. The van der Waals surface area contributed by atoms with E-state index in [0.29, 0.717) is 8.27 Å². The van der Waals surface area contributed by atoms with E-state index in [-0.39, 0.29) is 0 Å². The highest BCUT2D eigenvalue weighted by Gasteiger charge is 1.89. The Morgan fingerprint density at radius 3 is 1.85 bits per heavy atom. The predicted octanol–water partition coefficient (Wildman–Crippen LogP) is 7.74. The zero-order valence-corrected chi connectivity index (χ0v) is 16.0. The van der Waals surface area contributed by atoms with Gasteiger partial charge in [0.2, 0.25) is 0 Å². The van der Waals surface area contributed by atoms with Gasteiger partial charge in [-0.25, -0.2) is 0 Å². The summed E-state index contributed by atoms with van der Waals surface area (Å²) in [6.45, 7) is 4.56. The monoisotopic (exact) mass is 315 g/mol. The minimum atomic E-state index is 0.549. The average molecular weight is 315 g/mol. The maximum atomic E-state index is 2.46. The highest BCUT2D eigenvalue weighted by atomic mass is 32.0. The van der Waals surface area contributed by atoms with Crippen molar-refractivity contribution >= 4 is 16.5 Å². The zero-order chi connectivity index (χ0) is 14.7. The van der Waals surface area contributed by atoms with Crippen LogP contribution in [-0.2, 0) is 0 Å². The Morgan fingerprint density at radius 2 is 1.25 bits per heavy atom. The molecule has 0 rings (SSSR count). The van der Waals surface area contributed by atoms with E-state index in [1.807, 2.05) is 0 Å². The third-order valence-electron chi connectivity index (χ3n) is 3.49. The van der Waals surface area contributed by atoms with Crippen LogP contribution in [0.1, 0.15) is 90.9 Å². The SMILES string of the molecule is CCCCCCC/C=C/P[PH2+]/C=C/CCCCCCC. The molecule has 0 N–H and O–H groups in total. The van der Waals surface area contributed by atoms with Crippen LogP contribution in [0.3, 0.4) is 0 Å². The first-order valence-electron chi connectivity index (χ1n) is 8.81. The lowest BCUT2D eigenvalue weighted by Gasteiger charge is -1.95. The first-order valence-corrected chi connectivity index (χ1v) is 12.4. The van der Waals surface area contributed by atoms with Crippen molar-refractivity contribution in [3.63, 3.8) is 0 Å². The molecule has 118 valence electrons. The molecule has 0 aromatic heterocycles. The van der Waals surface area contributed by atoms with Crippen molar-refractivity contribution in [2.45, 2.75) is 90.9 Å². The van der Waals surface area contributed by atoms with Gasteiger partial charge in [0.15, 0.2) is 0 Å². The highest BCUT2D eigenvalue weighted by molar-refractivity contribution is 8.14. The second-order valence-electron chi connectivity index (χ2n) is 5.57. The standard InChI is InChI=1S/C18H36P2/c1-3-5-7-9-11-13-15-17-19-20-18-16-14-12-10-8-6-4-2/h15-20H,3-14H2,1-2H3/p+1/b17-15+,18-16+. The van der Waals surface area contributed by atoms with Gasteiger partial charge < -0.3 is 0 Å². The van der Waals surface area contributed by atoms with Crippen LogP contribution in [0.15, 0.2) is 23.8 Å². The van der Waals surface area contributed by atoms with Crippen LogP contribution in [0.2, 0.25) is 0 Å². The normalized spacial score (nSPS) is 13.1. The zero-order valence-electron chi connectivity index (χ0n) is 13.9. The molecule has 20 heavy (non-hydrogen) atoms. The molecule has 0 radical (unpaired) electrons. The lowest BCUT2D eigenvalue weighted by Crippen LogP contribution is -1.75. The van der Waals surface area contributed by atoms with Crippen LogP contribution in [0.25, 0.3) is 0 Å². The Hall–Kier alpha value is 0.340. The largest absolute Gasteiger partial charge is 0.0808 e. The minimum absolute atomic E-state index is 0.549. The molecular formula is C18H37P2+. The smallest absolute Gasteiger partial charge is 0.0648 e. The van der Waals surface area contributed by atoms with Crippen molar-refractivity contribution in [1.29, 1.82) is 0 Å². The lowest BCUT2D eigenvalue weighted by atomic mass is 10.1. The third kappa shape index (κ3) is 18.3. The molecule has 0 bridgehead atoms. The van der Waals surface area contributed by atoms with E-state index >= 15 is 0 Å². The molecule has 0 nitrogen and oxygen atoms in total. The second-order valence-corrected chi connectivity index (χ2v) is 8.95. The first-order chi connectivity index (χ1) is 9.91. The number of unbranched alkanes of at least 4 members (excludes halogenated alkanes) is 10. The van der Waals surface area contributed by atoms with E-state index < -0.39 is 0 Å². The van der Waals surface area contributed by atoms with E-state index in [9.17, 15) is 0 Å². The van der Waals surface area contributed by atoms with Crippen molar-refractivity contribution in [1.82, 2.24) is 0 Å². The maximum absolute atomic E-state index is 2.46. The van der Waals surface area contributed by atoms with Crippen LogP contribution < -0.4 is 0 Å². The molecule has 0 aromatic carbocycles. The van der Waals surface area contributed by atoms with Gasteiger partial charge in [-0.2, -0.15) is 0 Å². The van der Waals surface area contributed by atoms with Crippen LogP contribution in [0.5, 0.6) is 0 Å². The third-order valence-corrected chi connectivity index (χ3v) is 6.31. The summed E-state index contributed by atoms with van der Waals surface area (Å²) in [6, 6.07) is 0.